The van der Waals surface area contributed by atoms with Gasteiger partial charge in [-0.15, -0.1) is 0 Å². The van der Waals surface area contributed by atoms with E-state index >= 15 is 0 Å². The summed E-state index contributed by atoms with van der Waals surface area (Å²) in [5.74, 6) is 0.288. The highest BCUT2D eigenvalue weighted by atomic mass is 32.2. The molecule has 0 saturated carbocycles. The molecule has 1 heterocycles. The van der Waals surface area contributed by atoms with Gasteiger partial charge in [0.2, 0.25) is 0 Å². The maximum atomic E-state index is 12.3. The Labute approximate surface area is 81.7 Å². The molecule has 4 atom stereocenters. The lowest BCUT2D eigenvalue weighted by molar-refractivity contribution is -0.0503. The number of hydrogen-bond acceptors (Lipinski definition) is 4. The second-order valence-corrected chi connectivity index (χ2v) is 4.07. The van der Waals surface area contributed by atoms with Gasteiger partial charge < -0.3 is 4.74 Å². The molecule has 13 heavy (non-hydrogen) atoms. The van der Waals surface area contributed by atoms with Crippen molar-refractivity contribution in [1.29, 1.82) is 0 Å². The molecular weight excluding hydrogens is 193 g/mol. The number of hydrogen-bond donors (Lipinski definition) is 0. The van der Waals surface area contributed by atoms with Gasteiger partial charge in [-0.3, -0.25) is 0 Å². The summed E-state index contributed by atoms with van der Waals surface area (Å²) in [7, 11) is 0. The first-order valence-corrected chi connectivity index (χ1v) is 5.26. The molecule has 1 aliphatic rings. The van der Waals surface area contributed by atoms with Crippen LogP contribution < -0.4 is 0 Å². The second-order valence-electron chi connectivity index (χ2n) is 3.43. The van der Waals surface area contributed by atoms with Crippen molar-refractivity contribution < 1.29 is 8.62 Å². The predicted octanol–water partition coefficient (Wildman–Crippen LogP) is 2.90. The monoisotopic (exact) mass is 207 g/mol. The Morgan fingerprint density at radius 2 is 2.38 bits per heavy atom. The fourth-order valence-corrected chi connectivity index (χ4v) is 2.18. The fourth-order valence-electron chi connectivity index (χ4n) is 1.71. The highest BCUT2D eigenvalue weighted by Gasteiger charge is 2.36. The van der Waals surface area contributed by atoms with Crippen molar-refractivity contribution in [3.63, 3.8) is 0 Å². The molecule has 1 aliphatic heterocycles. The van der Waals surface area contributed by atoms with E-state index in [1.54, 1.807) is 0 Å². The van der Waals surface area contributed by atoms with E-state index in [9.17, 15) is 8.79 Å². The molecule has 0 radical (unpaired) electrons. The maximum Gasteiger partial charge on any atom is 0.160 e. The predicted molar refractivity (Wildman–Crippen MR) is 51.0 cm³/mol. The van der Waals surface area contributed by atoms with Crippen LogP contribution in [0.15, 0.2) is 5.18 Å². The Morgan fingerprint density at radius 3 is 2.85 bits per heavy atom. The molecule has 1 rings (SSSR count). The molecule has 1 saturated heterocycles. The van der Waals surface area contributed by atoms with Gasteiger partial charge in [-0.1, -0.05) is 19.0 Å². The number of ether oxygens (including phenoxy) is 1. The summed E-state index contributed by atoms with van der Waals surface area (Å²) in [6.07, 6.45) is 1.54. The zero-order valence-corrected chi connectivity index (χ0v) is 8.59. The molecule has 0 aliphatic carbocycles. The van der Waals surface area contributed by atoms with E-state index in [1.807, 2.05) is 13.8 Å². The topological polar surface area (TPSA) is 38.7 Å². The lowest BCUT2D eigenvalue weighted by Crippen LogP contribution is -2.40. The quantitative estimate of drug-likeness (QED) is 0.668. The van der Waals surface area contributed by atoms with Gasteiger partial charge >= 0.3 is 0 Å². The smallest absolute Gasteiger partial charge is 0.160 e. The van der Waals surface area contributed by atoms with Crippen LogP contribution in [0, 0.1) is 10.8 Å². The minimum absolute atomic E-state index is 0.0613. The van der Waals surface area contributed by atoms with Crippen molar-refractivity contribution in [2.75, 3.05) is 0 Å². The third kappa shape index (κ3) is 2.40. The van der Waals surface area contributed by atoms with E-state index in [0.29, 0.717) is 6.42 Å². The lowest BCUT2D eigenvalue weighted by atomic mass is 9.92. The fraction of sp³-hybridized carbons (Fsp3) is 1.00. The largest absolute Gasteiger partial charge is 0.359 e. The van der Waals surface area contributed by atoms with Gasteiger partial charge in [-0.05, 0) is 18.8 Å². The third-order valence-corrected chi connectivity index (χ3v) is 3.10. The average Bonchev–Trinajstić information content (AvgIpc) is 2.17. The Morgan fingerprint density at radius 1 is 1.69 bits per heavy atom. The van der Waals surface area contributed by atoms with Crippen molar-refractivity contribution in [3.05, 3.63) is 4.91 Å². The summed E-state index contributed by atoms with van der Waals surface area (Å²) in [4.78, 5) is 10.4. The Hall–Kier alpha value is -0.160. The average molecular weight is 207 g/mol. The Bertz CT molecular complexity index is 182. The van der Waals surface area contributed by atoms with Gasteiger partial charge in [0, 0.05) is 0 Å². The number of rotatable bonds is 3. The first-order chi connectivity index (χ1) is 6.22. The standard InChI is InChI=1S/C8H14FNO2S/c1-3-7-5(2)4-6(10-11)8(12-7)13-9/h5-8H,3-4H2,1-2H3. The normalized spacial score (nSPS) is 40.2. The molecule has 3 nitrogen and oxygen atoms in total. The Kier molecular flexibility index (Phi) is 4.12. The summed E-state index contributed by atoms with van der Waals surface area (Å²) < 4.78 is 17.7. The van der Waals surface area contributed by atoms with E-state index in [2.05, 4.69) is 5.18 Å². The first kappa shape index (κ1) is 10.9. The second kappa shape index (κ2) is 4.91. The van der Waals surface area contributed by atoms with E-state index in [-0.39, 0.29) is 24.2 Å². The summed E-state index contributed by atoms with van der Waals surface area (Å²) in [6, 6.07) is -0.534. The first-order valence-electron chi connectivity index (χ1n) is 4.48. The highest BCUT2D eigenvalue weighted by Crippen LogP contribution is 2.34. The molecule has 76 valence electrons. The van der Waals surface area contributed by atoms with Gasteiger partial charge in [0.15, 0.2) is 5.44 Å². The third-order valence-electron chi connectivity index (χ3n) is 2.50. The molecule has 5 heteroatoms. The van der Waals surface area contributed by atoms with Crippen LogP contribution in [-0.4, -0.2) is 17.6 Å². The highest BCUT2D eigenvalue weighted by molar-refractivity contribution is 7.94. The zero-order chi connectivity index (χ0) is 9.84. The van der Waals surface area contributed by atoms with Crippen LogP contribution in [0.25, 0.3) is 0 Å². The van der Waals surface area contributed by atoms with Gasteiger partial charge in [0.05, 0.1) is 18.3 Å². The van der Waals surface area contributed by atoms with Crippen molar-refractivity contribution in [3.8, 4) is 0 Å². The van der Waals surface area contributed by atoms with Crippen LogP contribution in [0.5, 0.6) is 0 Å². The molecule has 0 aromatic heterocycles. The molecule has 0 aromatic rings. The SMILES string of the molecule is CCC1OC(SF)C(N=O)CC1C. The van der Waals surface area contributed by atoms with Gasteiger partial charge in [-0.25, -0.2) is 0 Å². The summed E-state index contributed by atoms with van der Waals surface area (Å²) in [5.41, 5.74) is -0.696. The zero-order valence-electron chi connectivity index (χ0n) is 7.77. The Balaban J connectivity index is 2.59. The van der Waals surface area contributed by atoms with Crippen LogP contribution in [0.1, 0.15) is 26.7 Å². The number of nitrogens with zero attached hydrogens (tertiary/aromatic N) is 1. The van der Waals surface area contributed by atoms with Crippen LogP contribution >= 0.6 is 12.1 Å². The summed E-state index contributed by atoms with van der Waals surface area (Å²) in [5, 5.41) is 2.88. The number of nitroso groups, excluding NO2 is 1. The van der Waals surface area contributed by atoms with Crippen LogP contribution in [0.3, 0.4) is 0 Å². The molecule has 0 bridgehead atoms. The molecule has 0 amide bonds. The maximum absolute atomic E-state index is 12.3. The van der Waals surface area contributed by atoms with Gasteiger partial charge in [-0.2, -0.15) is 8.79 Å². The summed E-state index contributed by atoms with van der Waals surface area (Å²) >= 11 is 0.0836. The molecule has 0 N–H and O–H groups in total. The van der Waals surface area contributed by atoms with Crippen LogP contribution in [0.4, 0.5) is 3.89 Å². The van der Waals surface area contributed by atoms with Crippen molar-refractivity contribution in [2.45, 2.75) is 44.3 Å². The lowest BCUT2D eigenvalue weighted by Gasteiger charge is -2.34. The van der Waals surface area contributed by atoms with Crippen molar-refractivity contribution >= 4 is 12.1 Å². The van der Waals surface area contributed by atoms with Gasteiger partial charge in [0.25, 0.3) is 0 Å². The number of halogens is 1. The molecule has 0 aromatic carbocycles. The van der Waals surface area contributed by atoms with E-state index in [0.717, 1.165) is 6.42 Å². The van der Waals surface area contributed by atoms with Crippen molar-refractivity contribution in [1.82, 2.24) is 0 Å². The van der Waals surface area contributed by atoms with E-state index in [1.165, 1.54) is 0 Å². The minimum Gasteiger partial charge on any atom is -0.359 e. The molecular formula is C8H14FNO2S. The van der Waals surface area contributed by atoms with Crippen LogP contribution in [-0.2, 0) is 4.74 Å². The molecule has 4 unspecified atom stereocenters. The minimum atomic E-state index is -0.696. The summed E-state index contributed by atoms with van der Waals surface area (Å²) in [6.45, 7) is 4.00. The van der Waals surface area contributed by atoms with Crippen molar-refractivity contribution in [2.24, 2.45) is 11.1 Å². The van der Waals surface area contributed by atoms with E-state index in [4.69, 9.17) is 4.74 Å². The van der Waals surface area contributed by atoms with E-state index < -0.39 is 11.5 Å². The van der Waals surface area contributed by atoms with Gasteiger partial charge in [0.1, 0.15) is 6.04 Å². The molecule has 0 spiro atoms. The molecule has 1 fully saturated rings. The van der Waals surface area contributed by atoms with Crippen LogP contribution in [0.2, 0.25) is 0 Å².